The molecule has 0 fully saturated rings. The first-order chi connectivity index (χ1) is 5.77. The van der Waals surface area contributed by atoms with Crippen LogP contribution in [-0.2, 0) is 0 Å². The highest BCUT2D eigenvalue weighted by molar-refractivity contribution is 5.12. The normalized spacial score (nSPS) is 12.1. The van der Waals surface area contributed by atoms with Crippen molar-refractivity contribution in [2.24, 2.45) is 5.84 Å². The average molecular weight is 162 g/mol. The fourth-order valence-corrected chi connectivity index (χ4v) is 0.749. The summed E-state index contributed by atoms with van der Waals surface area (Å²) >= 11 is 0. The molecule has 0 aliphatic rings. The van der Waals surface area contributed by atoms with Crippen molar-refractivity contribution in [2.45, 2.75) is 13.0 Å². The molecule has 0 amide bonds. The summed E-state index contributed by atoms with van der Waals surface area (Å²) in [6.07, 6.45) is 8.58. The molecule has 4 heteroatoms. The third-order valence-corrected chi connectivity index (χ3v) is 1.39. The second-order valence-corrected chi connectivity index (χ2v) is 2.38. The minimum Gasteiger partial charge on any atom is -0.270 e. The van der Waals surface area contributed by atoms with Gasteiger partial charge in [0.05, 0.1) is 0 Å². The van der Waals surface area contributed by atoms with Gasteiger partial charge in [-0.25, -0.2) is 15.4 Å². The molecule has 0 aliphatic heterocycles. The van der Waals surface area contributed by atoms with E-state index in [4.69, 9.17) is 12.3 Å². The van der Waals surface area contributed by atoms with E-state index in [0.29, 0.717) is 5.82 Å². The molecule has 0 spiro atoms. The quantitative estimate of drug-likeness (QED) is 0.363. The van der Waals surface area contributed by atoms with Crippen molar-refractivity contribution in [3.8, 4) is 12.3 Å². The Morgan fingerprint density at radius 2 is 2.17 bits per heavy atom. The van der Waals surface area contributed by atoms with E-state index in [2.05, 4.69) is 21.3 Å². The van der Waals surface area contributed by atoms with Gasteiger partial charge in [-0.05, 0) is 12.5 Å². The number of hydrogen-bond acceptors (Lipinski definition) is 4. The molecule has 1 heterocycles. The zero-order valence-corrected chi connectivity index (χ0v) is 6.78. The summed E-state index contributed by atoms with van der Waals surface area (Å²) in [7, 11) is 0. The summed E-state index contributed by atoms with van der Waals surface area (Å²) in [6, 6.07) is -0.411. The molecule has 1 unspecified atom stereocenters. The molecule has 0 aromatic carbocycles. The van der Waals surface area contributed by atoms with Crippen molar-refractivity contribution in [1.82, 2.24) is 15.4 Å². The fraction of sp³-hybridized carbons (Fsp3) is 0.250. The van der Waals surface area contributed by atoms with Crippen molar-refractivity contribution >= 4 is 0 Å². The third-order valence-electron chi connectivity index (χ3n) is 1.39. The van der Waals surface area contributed by atoms with E-state index in [-0.39, 0.29) is 0 Å². The zero-order chi connectivity index (χ0) is 8.97. The Hall–Kier alpha value is -1.44. The van der Waals surface area contributed by atoms with Gasteiger partial charge in [-0.1, -0.05) is 5.92 Å². The minimum atomic E-state index is -0.411. The van der Waals surface area contributed by atoms with Crippen LogP contribution in [0, 0.1) is 19.3 Å². The maximum absolute atomic E-state index is 5.18. The lowest BCUT2D eigenvalue weighted by Crippen LogP contribution is -2.28. The van der Waals surface area contributed by atoms with Crippen LogP contribution in [0.5, 0.6) is 0 Å². The molecule has 0 aliphatic carbocycles. The van der Waals surface area contributed by atoms with Gasteiger partial charge in [0, 0.05) is 12.4 Å². The molecule has 1 rings (SSSR count). The van der Waals surface area contributed by atoms with E-state index in [0.717, 1.165) is 5.56 Å². The second kappa shape index (κ2) is 3.81. The Morgan fingerprint density at radius 3 is 2.58 bits per heavy atom. The van der Waals surface area contributed by atoms with Gasteiger partial charge in [0.2, 0.25) is 0 Å². The van der Waals surface area contributed by atoms with Gasteiger partial charge in [-0.15, -0.1) is 6.42 Å². The van der Waals surface area contributed by atoms with Crippen LogP contribution in [0.2, 0.25) is 0 Å². The van der Waals surface area contributed by atoms with Gasteiger partial charge >= 0.3 is 0 Å². The maximum atomic E-state index is 5.18. The van der Waals surface area contributed by atoms with Gasteiger partial charge in [0.1, 0.15) is 6.04 Å². The molecule has 0 saturated carbocycles. The van der Waals surface area contributed by atoms with Crippen LogP contribution in [0.15, 0.2) is 12.4 Å². The first-order valence-corrected chi connectivity index (χ1v) is 3.48. The largest absolute Gasteiger partial charge is 0.270 e. The van der Waals surface area contributed by atoms with E-state index in [1.165, 1.54) is 0 Å². The smallest absolute Gasteiger partial charge is 0.158 e. The molecule has 0 radical (unpaired) electrons. The van der Waals surface area contributed by atoms with Crippen LogP contribution in [-0.4, -0.2) is 9.97 Å². The first-order valence-electron chi connectivity index (χ1n) is 3.48. The summed E-state index contributed by atoms with van der Waals surface area (Å²) in [6.45, 7) is 1.91. The molecule has 4 nitrogen and oxygen atoms in total. The van der Waals surface area contributed by atoms with Gasteiger partial charge in [-0.3, -0.25) is 5.84 Å². The van der Waals surface area contributed by atoms with Crippen molar-refractivity contribution in [1.29, 1.82) is 0 Å². The lowest BCUT2D eigenvalue weighted by molar-refractivity contribution is 0.634. The highest BCUT2D eigenvalue weighted by Gasteiger charge is 2.07. The number of hydrazine groups is 1. The average Bonchev–Trinajstić information content (AvgIpc) is 2.10. The Bertz CT molecular complexity index is 285. The lowest BCUT2D eigenvalue weighted by atomic mass is 10.3. The molecular weight excluding hydrogens is 152 g/mol. The predicted molar refractivity (Wildman–Crippen MR) is 45.7 cm³/mol. The van der Waals surface area contributed by atoms with E-state index >= 15 is 0 Å². The topological polar surface area (TPSA) is 63.8 Å². The molecular formula is C8H10N4. The summed E-state index contributed by atoms with van der Waals surface area (Å²) in [5, 5.41) is 0. The maximum Gasteiger partial charge on any atom is 0.158 e. The van der Waals surface area contributed by atoms with E-state index in [1.807, 2.05) is 6.92 Å². The van der Waals surface area contributed by atoms with Crippen LogP contribution < -0.4 is 11.3 Å². The standard InChI is InChI=1S/C8H10N4/c1-3-7(12-9)8-10-4-6(2)5-11-8/h1,4-5,7,12H,9H2,2H3. The first kappa shape index (κ1) is 8.65. The number of rotatable bonds is 2. The highest BCUT2D eigenvalue weighted by Crippen LogP contribution is 2.03. The number of nitrogens with two attached hydrogens (primary N) is 1. The second-order valence-electron chi connectivity index (χ2n) is 2.38. The number of aromatic nitrogens is 2. The van der Waals surface area contributed by atoms with E-state index in [1.54, 1.807) is 12.4 Å². The van der Waals surface area contributed by atoms with Crippen LogP contribution in [0.4, 0.5) is 0 Å². The van der Waals surface area contributed by atoms with Crippen LogP contribution in [0.3, 0.4) is 0 Å². The third kappa shape index (κ3) is 1.78. The van der Waals surface area contributed by atoms with Gasteiger partial charge in [-0.2, -0.15) is 0 Å². The predicted octanol–water partition coefficient (Wildman–Crippen LogP) is -0.0774. The zero-order valence-electron chi connectivity index (χ0n) is 6.78. The molecule has 0 bridgehead atoms. The molecule has 12 heavy (non-hydrogen) atoms. The fourth-order valence-electron chi connectivity index (χ4n) is 0.749. The Balaban J connectivity index is 2.89. The molecule has 3 N–H and O–H groups in total. The Morgan fingerprint density at radius 1 is 1.58 bits per heavy atom. The Kier molecular flexibility index (Phi) is 2.75. The number of nitrogens with one attached hydrogen (secondary N) is 1. The van der Waals surface area contributed by atoms with Crippen LogP contribution in [0.25, 0.3) is 0 Å². The monoisotopic (exact) mass is 162 g/mol. The molecule has 1 aromatic heterocycles. The summed E-state index contributed by atoms with van der Waals surface area (Å²) < 4.78 is 0. The summed E-state index contributed by atoms with van der Waals surface area (Å²) in [5.74, 6) is 8.13. The van der Waals surface area contributed by atoms with Gasteiger partial charge in [0.25, 0.3) is 0 Å². The van der Waals surface area contributed by atoms with Crippen LogP contribution >= 0.6 is 0 Å². The molecule has 0 saturated heterocycles. The van der Waals surface area contributed by atoms with Crippen molar-refractivity contribution in [3.05, 3.63) is 23.8 Å². The van der Waals surface area contributed by atoms with Gasteiger partial charge in [0.15, 0.2) is 5.82 Å². The molecule has 62 valence electrons. The van der Waals surface area contributed by atoms with Crippen molar-refractivity contribution in [2.75, 3.05) is 0 Å². The number of aryl methyl sites for hydroxylation is 1. The highest BCUT2D eigenvalue weighted by atomic mass is 15.2. The van der Waals surface area contributed by atoms with Crippen molar-refractivity contribution in [3.63, 3.8) is 0 Å². The SMILES string of the molecule is C#CC(NN)c1ncc(C)cn1. The summed E-state index contributed by atoms with van der Waals surface area (Å²) in [5.41, 5.74) is 3.42. The lowest BCUT2D eigenvalue weighted by Gasteiger charge is -2.06. The van der Waals surface area contributed by atoms with E-state index in [9.17, 15) is 0 Å². The number of terminal acetylenes is 1. The number of nitrogens with zero attached hydrogens (tertiary/aromatic N) is 2. The molecule has 1 atom stereocenters. The molecule has 1 aromatic rings. The Labute approximate surface area is 71.2 Å². The van der Waals surface area contributed by atoms with Gasteiger partial charge < -0.3 is 0 Å². The van der Waals surface area contributed by atoms with E-state index < -0.39 is 6.04 Å². The van der Waals surface area contributed by atoms with Crippen LogP contribution in [0.1, 0.15) is 17.4 Å². The van der Waals surface area contributed by atoms with Crippen molar-refractivity contribution < 1.29 is 0 Å². The minimum absolute atomic E-state index is 0.411. The summed E-state index contributed by atoms with van der Waals surface area (Å²) in [4.78, 5) is 8.05. The number of hydrogen-bond donors (Lipinski definition) is 2.